The van der Waals surface area contributed by atoms with Crippen LogP contribution in [0.25, 0.3) is 17.2 Å². The number of hydrogen-bond donors (Lipinski definition) is 1. The van der Waals surface area contributed by atoms with E-state index in [0.29, 0.717) is 30.4 Å². The normalized spacial score (nSPS) is 14.6. The molecule has 1 fully saturated rings. The molecule has 33 heavy (non-hydrogen) atoms. The minimum Gasteiger partial charge on any atom is -0.454 e. The van der Waals surface area contributed by atoms with E-state index in [1.165, 1.54) is 0 Å². The molecule has 9 nitrogen and oxygen atoms in total. The monoisotopic (exact) mass is 449 g/mol. The van der Waals surface area contributed by atoms with E-state index >= 15 is 0 Å². The number of aromatic nitrogens is 4. The SMILES string of the molecule is CC(C)OCCCNC(=O)c1cnn(-c2nccc(-c3ccc4c(c3)OCO4)n2)c1C1CC1. The summed E-state index contributed by atoms with van der Waals surface area (Å²) in [4.78, 5) is 22.0. The molecule has 2 aliphatic rings. The number of rotatable bonds is 9. The second-order valence-electron chi connectivity index (χ2n) is 8.47. The lowest BCUT2D eigenvalue weighted by Crippen LogP contribution is -2.26. The van der Waals surface area contributed by atoms with Crippen molar-refractivity contribution in [2.24, 2.45) is 0 Å². The van der Waals surface area contributed by atoms with Gasteiger partial charge in [-0.05, 0) is 57.4 Å². The fraction of sp³-hybridized carbons (Fsp3) is 0.417. The molecule has 0 spiro atoms. The van der Waals surface area contributed by atoms with Gasteiger partial charge in [-0.25, -0.2) is 14.6 Å². The van der Waals surface area contributed by atoms with Crippen LogP contribution >= 0.6 is 0 Å². The Labute approximate surface area is 192 Å². The number of amides is 1. The van der Waals surface area contributed by atoms with Crippen molar-refractivity contribution in [1.82, 2.24) is 25.1 Å². The standard InChI is InChI=1S/C24H27N5O4/c1-15(2)31-11-3-9-25-23(30)18-13-27-29(22(18)16-4-5-16)24-26-10-8-19(28-24)17-6-7-20-21(12-17)33-14-32-20/h6-8,10,12-13,15-16H,3-5,9,11,14H2,1-2H3,(H,25,30). The van der Waals surface area contributed by atoms with Crippen LogP contribution in [-0.2, 0) is 4.74 Å². The predicted octanol–water partition coefficient (Wildman–Crippen LogP) is 3.48. The Morgan fingerprint density at radius 1 is 1.24 bits per heavy atom. The molecule has 0 unspecified atom stereocenters. The fourth-order valence-corrected chi connectivity index (χ4v) is 3.80. The molecule has 3 aromatic rings. The third-order valence-electron chi connectivity index (χ3n) is 5.57. The summed E-state index contributed by atoms with van der Waals surface area (Å²) < 4.78 is 18.1. The zero-order chi connectivity index (χ0) is 22.8. The maximum Gasteiger partial charge on any atom is 0.254 e. The molecule has 0 saturated heterocycles. The van der Waals surface area contributed by atoms with Gasteiger partial charge in [-0.3, -0.25) is 4.79 Å². The first-order chi connectivity index (χ1) is 16.1. The van der Waals surface area contributed by atoms with Gasteiger partial charge in [0.1, 0.15) is 0 Å². The Morgan fingerprint density at radius 2 is 2.09 bits per heavy atom. The quantitative estimate of drug-likeness (QED) is 0.499. The van der Waals surface area contributed by atoms with E-state index < -0.39 is 0 Å². The third-order valence-corrected chi connectivity index (χ3v) is 5.57. The van der Waals surface area contributed by atoms with E-state index in [1.807, 2.05) is 38.1 Å². The molecule has 1 aliphatic carbocycles. The number of nitrogens with one attached hydrogen (secondary N) is 1. The summed E-state index contributed by atoms with van der Waals surface area (Å²) in [6, 6.07) is 7.55. The molecule has 0 radical (unpaired) electrons. The molecule has 0 bridgehead atoms. The smallest absolute Gasteiger partial charge is 0.254 e. The van der Waals surface area contributed by atoms with Crippen LogP contribution < -0.4 is 14.8 Å². The molecule has 172 valence electrons. The van der Waals surface area contributed by atoms with Gasteiger partial charge in [0.15, 0.2) is 11.5 Å². The van der Waals surface area contributed by atoms with Crippen molar-refractivity contribution in [3.63, 3.8) is 0 Å². The maximum absolute atomic E-state index is 12.9. The molecular formula is C24H27N5O4. The highest BCUT2D eigenvalue weighted by atomic mass is 16.7. The van der Waals surface area contributed by atoms with Crippen molar-refractivity contribution >= 4 is 5.91 Å². The molecule has 1 N–H and O–H groups in total. The summed E-state index contributed by atoms with van der Waals surface area (Å²) >= 11 is 0. The maximum atomic E-state index is 12.9. The summed E-state index contributed by atoms with van der Waals surface area (Å²) in [5.74, 6) is 2.03. The van der Waals surface area contributed by atoms with Crippen molar-refractivity contribution in [2.75, 3.05) is 19.9 Å². The molecule has 1 saturated carbocycles. The van der Waals surface area contributed by atoms with Crippen molar-refractivity contribution < 1.29 is 19.0 Å². The molecule has 1 aromatic carbocycles. The Balaban J connectivity index is 1.36. The minimum atomic E-state index is -0.125. The van der Waals surface area contributed by atoms with Gasteiger partial charge in [0, 0.05) is 30.8 Å². The largest absolute Gasteiger partial charge is 0.454 e. The zero-order valence-corrected chi connectivity index (χ0v) is 18.8. The molecule has 9 heteroatoms. The van der Waals surface area contributed by atoms with Crippen LogP contribution in [0.3, 0.4) is 0 Å². The summed E-state index contributed by atoms with van der Waals surface area (Å²) in [7, 11) is 0. The predicted molar refractivity (Wildman–Crippen MR) is 121 cm³/mol. The van der Waals surface area contributed by atoms with Crippen LogP contribution in [0.5, 0.6) is 11.5 Å². The van der Waals surface area contributed by atoms with E-state index in [0.717, 1.165) is 42.0 Å². The fourth-order valence-electron chi connectivity index (χ4n) is 3.80. The number of carbonyl (C=O) groups is 1. The highest BCUT2D eigenvalue weighted by Crippen LogP contribution is 2.42. The molecule has 1 aliphatic heterocycles. The lowest BCUT2D eigenvalue weighted by atomic mass is 10.1. The van der Waals surface area contributed by atoms with Crippen LogP contribution in [0.15, 0.2) is 36.7 Å². The highest BCUT2D eigenvalue weighted by Gasteiger charge is 2.33. The van der Waals surface area contributed by atoms with E-state index in [4.69, 9.17) is 19.2 Å². The van der Waals surface area contributed by atoms with Crippen molar-refractivity contribution in [3.8, 4) is 28.7 Å². The van der Waals surface area contributed by atoms with E-state index in [-0.39, 0.29) is 24.7 Å². The topological polar surface area (TPSA) is 100 Å². The van der Waals surface area contributed by atoms with Gasteiger partial charge in [-0.1, -0.05) is 0 Å². The molecule has 5 rings (SSSR count). The van der Waals surface area contributed by atoms with E-state index in [1.54, 1.807) is 17.1 Å². The number of fused-ring (bicyclic) bond motifs is 1. The van der Waals surface area contributed by atoms with E-state index in [9.17, 15) is 4.79 Å². The van der Waals surface area contributed by atoms with Crippen LogP contribution in [0, 0.1) is 0 Å². The Kier molecular flexibility index (Phi) is 5.95. The number of nitrogens with zero attached hydrogens (tertiary/aromatic N) is 4. The summed E-state index contributed by atoms with van der Waals surface area (Å²) in [6.07, 6.45) is 6.32. The van der Waals surface area contributed by atoms with Gasteiger partial charge in [-0.2, -0.15) is 5.10 Å². The molecular weight excluding hydrogens is 422 g/mol. The first-order valence-electron chi connectivity index (χ1n) is 11.3. The number of hydrogen-bond acceptors (Lipinski definition) is 7. The van der Waals surface area contributed by atoms with Gasteiger partial charge in [0.2, 0.25) is 6.79 Å². The lowest BCUT2D eigenvalue weighted by Gasteiger charge is -2.10. The molecule has 3 heterocycles. The van der Waals surface area contributed by atoms with Gasteiger partial charge in [-0.15, -0.1) is 0 Å². The first-order valence-corrected chi connectivity index (χ1v) is 11.3. The summed E-state index contributed by atoms with van der Waals surface area (Å²) in [5, 5.41) is 7.47. The van der Waals surface area contributed by atoms with E-state index in [2.05, 4.69) is 15.4 Å². The van der Waals surface area contributed by atoms with Crippen molar-refractivity contribution in [2.45, 2.75) is 45.1 Å². The Hall–Kier alpha value is -3.46. The average molecular weight is 450 g/mol. The minimum absolute atomic E-state index is 0.125. The Bertz CT molecular complexity index is 1160. The lowest BCUT2D eigenvalue weighted by molar-refractivity contribution is 0.0757. The van der Waals surface area contributed by atoms with Crippen LogP contribution in [0.1, 0.15) is 55.1 Å². The first kappa shape index (κ1) is 21.4. The van der Waals surface area contributed by atoms with Gasteiger partial charge >= 0.3 is 0 Å². The average Bonchev–Trinajstić information content (AvgIpc) is 3.38. The Morgan fingerprint density at radius 3 is 2.91 bits per heavy atom. The number of benzene rings is 1. The van der Waals surface area contributed by atoms with Gasteiger partial charge in [0.05, 0.1) is 29.3 Å². The zero-order valence-electron chi connectivity index (χ0n) is 18.8. The third kappa shape index (κ3) is 4.68. The summed E-state index contributed by atoms with van der Waals surface area (Å²) in [5.41, 5.74) is 3.09. The number of ether oxygens (including phenoxy) is 3. The van der Waals surface area contributed by atoms with Crippen LogP contribution in [-0.4, -0.2) is 51.7 Å². The van der Waals surface area contributed by atoms with Crippen molar-refractivity contribution in [1.29, 1.82) is 0 Å². The summed E-state index contributed by atoms with van der Waals surface area (Å²) in [6.45, 7) is 5.39. The molecule has 1 amide bonds. The van der Waals surface area contributed by atoms with Crippen LogP contribution in [0.2, 0.25) is 0 Å². The second-order valence-corrected chi connectivity index (χ2v) is 8.47. The van der Waals surface area contributed by atoms with Gasteiger partial charge < -0.3 is 19.5 Å². The highest BCUT2D eigenvalue weighted by molar-refractivity contribution is 5.95. The number of carbonyl (C=O) groups excluding carboxylic acids is 1. The molecule has 0 atom stereocenters. The second kappa shape index (κ2) is 9.19. The van der Waals surface area contributed by atoms with Crippen LogP contribution in [0.4, 0.5) is 0 Å². The molecule has 2 aromatic heterocycles. The van der Waals surface area contributed by atoms with Crippen molar-refractivity contribution in [3.05, 3.63) is 47.9 Å². The van der Waals surface area contributed by atoms with Gasteiger partial charge in [0.25, 0.3) is 11.9 Å².